The topological polar surface area (TPSA) is 26.0 Å². The lowest BCUT2D eigenvalue weighted by molar-refractivity contribution is 0.630. The van der Waals surface area contributed by atoms with E-state index in [4.69, 9.17) is 5.73 Å². The number of nitrogens with two attached hydrogens (primary N) is 1. The molecule has 0 bridgehead atoms. The molecule has 1 nitrogen and oxygen atoms in total. The number of aryl methyl sites for hydroxylation is 2. The average Bonchev–Trinajstić information content (AvgIpc) is 2.79. The summed E-state index contributed by atoms with van der Waals surface area (Å²) in [5, 5.41) is 0.921. The van der Waals surface area contributed by atoms with Crippen LogP contribution in [0.2, 0.25) is 0 Å². The Morgan fingerprint density at radius 3 is 2.40 bits per heavy atom. The van der Waals surface area contributed by atoms with Crippen LogP contribution in [0, 0.1) is 19.7 Å². The van der Waals surface area contributed by atoms with Gasteiger partial charge in [0.2, 0.25) is 0 Å². The minimum Gasteiger partial charge on any atom is -0.320 e. The van der Waals surface area contributed by atoms with Gasteiger partial charge in [0.15, 0.2) is 0 Å². The van der Waals surface area contributed by atoms with Crippen molar-refractivity contribution in [3.8, 4) is 0 Å². The molecule has 1 atom stereocenters. The highest BCUT2D eigenvalue weighted by atomic mass is 32.1. The summed E-state index contributed by atoms with van der Waals surface area (Å²) in [6.07, 6.45) is 0. The molecule has 0 radical (unpaired) electrons. The van der Waals surface area contributed by atoms with Gasteiger partial charge in [-0.3, -0.25) is 0 Å². The number of hydrogen-bond donors (Lipinski definition) is 1. The molecule has 0 aliphatic rings. The SMILES string of the molecule is Cc1cc(C)cc(C(N)c2cc3cc(F)ccc3s2)c1. The number of halogens is 1. The van der Waals surface area contributed by atoms with Crippen LogP contribution in [-0.2, 0) is 0 Å². The van der Waals surface area contributed by atoms with E-state index in [0.717, 1.165) is 20.5 Å². The van der Waals surface area contributed by atoms with Crippen molar-refractivity contribution in [3.05, 3.63) is 69.8 Å². The maximum Gasteiger partial charge on any atom is 0.123 e. The summed E-state index contributed by atoms with van der Waals surface area (Å²) in [4.78, 5) is 1.07. The molecule has 20 heavy (non-hydrogen) atoms. The summed E-state index contributed by atoms with van der Waals surface area (Å²) in [7, 11) is 0. The zero-order chi connectivity index (χ0) is 14.3. The predicted molar refractivity (Wildman–Crippen MR) is 83.7 cm³/mol. The van der Waals surface area contributed by atoms with Crippen molar-refractivity contribution in [3.63, 3.8) is 0 Å². The molecule has 2 N–H and O–H groups in total. The Morgan fingerprint density at radius 1 is 1.00 bits per heavy atom. The fourth-order valence-corrected chi connectivity index (χ4v) is 3.62. The number of thiophene rings is 1. The van der Waals surface area contributed by atoms with Crippen molar-refractivity contribution in [2.75, 3.05) is 0 Å². The van der Waals surface area contributed by atoms with Crippen molar-refractivity contribution < 1.29 is 4.39 Å². The van der Waals surface area contributed by atoms with Gasteiger partial charge < -0.3 is 5.73 Å². The Labute approximate surface area is 121 Å². The molecule has 1 heterocycles. The van der Waals surface area contributed by atoms with Crippen LogP contribution < -0.4 is 5.73 Å². The zero-order valence-corrected chi connectivity index (χ0v) is 12.3. The van der Waals surface area contributed by atoms with Gasteiger partial charge in [-0.15, -0.1) is 11.3 Å². The van der Waals surface area contributed by atoms with Crippen LogP contribution in [0.3, 0.4) is 0 Å². The van der Waals surface area contributed by atoms with Gasteiger partial charge in [0.05, 0.1) is 6.04 Å². The summed E-state index contributed by atoms with van der Waals surface area (Å²) in [6.45, 7) is 4.15. The van der Waals surface area contributed by atoms with E-state index < -0.39 is 0 Å². The number of benzene rings is 2. The molecule has 0 saturated carbocycles. The first-order valence-electron chi connectivity index (χ1n) is 6.56. The lowest BCUT2D eigenvalue weighted by Gasteiger charge is -2.12. The number of hydrogen-bond acceptors (Lipinski definition) is 2. The Kier molecular flexibility index (Phi) is 3.32. The summed E-state index contributed by atoms with van der Waals surface area (Å²) >= 11 is 1.63. The molecule has 0 fully saturated rings. The summed E-state index contributed by atoms with van der Waals surface area (Å²) < 4.78 is 14.3. The smallest absolute Gasteiger partial charge is 0.123 e. The van der Waals surface area contributed by atoms with Crippen molar-refractivity contribution >= 4 is 21.4 Å². The molecule has 102 valence electrons. The minimum absolute atomic E-state index is 0.158. The monoisotopic (exact) mass is 285 g/mol. The van der Waals surface area contributed by atoms with Gasteiger partial charge in [0, 0.05) is 9.58 Å². The second-order valence-corrected chi connectivity index (χ2v) is 6.34. The Bertz CT molecular complexity index is 756. The van der Waals surface area contributed by atoms with Crippen LogP contribution in [0.1, 0.15) is 27.6 Å². The molecule has 0 aliphatic heterocycles. The standard InChI is InChI=1S/C17H16FNS/c1-10-5-11(2)7-13(6-10)17(19)16-9-12-8-14(18)3-4-15(12)20-16/h3-9,17H,19H2,1-2H3. The van der Waals surface area contributed by atoms with Gasteiger partial charge in [0.25, 0.3) is 0 Å². The molecule has 0 aliphatic carbocycles. The van der Waals surface area contributed by atoms with Gasteiger partial charge in [-0.05, 0) is 49.1 Å². The van der Waals surface area contributed by atoms with Crippen LogP contribution in [0.4, 0.5) is 4.39 Å². The lowest BCUT2D eigenvalue weighted by atomic mass is 10.0. The summed E-state index contributed by atoms with van der Waals surface area (Å²) in [6, 6.07) is 13.1. The fourth-order valence-electron chi connectivity index (χ4n) is 2.54. The molecule has 2 aromatic carbocycles. The predicted octanol–water partition coefficient (Wildman–Crippen LogP) is 4.71. The Morgan fingerprint density at radius 2 is 1.70 bits per heavy atom. The van der Waals surface area contributed by atoms with E-state index in [2.05, 4.69) is 32.0 Å². The van der Waals surface area contributed by atoms with E-state index >= 15 is 0 Å². The Balaban J connectivity index is 2.05. The second kappa shape index (κ2) is 5.00. The number of rotatable bonds is 2. The van der Waals surface area contributed by atoms with Gasteiger partial charge in [-0.25, -0.2) is 4.39 Å². The van der Waals surface area contributed by atoms with Crippen molar-refractivity contribution in [2.45, 2.75) is 19.9 Å². The highest BCUT2D eigenvalue weighted by Gasteiger charge is 2.13. The van der Waals surface area contributed by atoms with Crippen molar-refractivity contribution in [2.24, 2.45) is 5.73 Å². The van der Waals surface area contributed by atoms with E-state index in [1.807, 2.05) is 12.1 Å². The van der Waals surface area contributed by atoms with Gasteiger partial charge in [-0.2, -0.15) is 0 Å². The van der Waals surface area contributed by atoms with E-state index in [9.17, 15) is 4.39 Å². The van der Waals surface area contributed by atoms with E-state index in [1.54, 1.807) is 17.4 Å². The third-order valence-corrected chi connectivity index (χ3v) is 4.61. The quantitative estimate of drug-likeness (QED) is 0.725. The third-order valence-electron chi connectivity index (χ3n) is 3.41. The van der Waals surface area contributed by atoms with Gasteiger partial charge >= 0.3 is 0 Å². The summed E-state index contributed by atoms with van der Waals surface area (Å²) in [5.74, 6) is -0.207. The molecule has 0 spiro atoms. The third kappa shape index (κ3) is 2.47. The van der Waals surface area contributed by atoms with Crippen molar-refractivity contribution in [1.82, 2.24) is 0 Å². The second-order valence-electron chi connectivity index (χ2n) is 5.23. The molecule has 3 aromatic rings. The van der Waals surface area contributed by atoms with Crippen LogP contribution in [-0.4, -0.2) is 0 Å². The first kappa shape index (κ1) is 13.3. The lowest BCUT2D eigenvalue weighted by Crippen LogP contribution is -2.10. The van der Waals surface area contributed by atoms with Crippen LogP contribution >= 0.6 is 11.3 Å². The Hall–Kier alpha value is -1.71. The van der Waals surface area contributed by atoms with Crippen molar-refractivity contribution in [1.29, 1.82) is 0 Å². The molecule has 3 heteroatoms. The van der Waals surface area contributed by atoms with Crippen LogP contribution in [0.5, 0.6) is 0 Å². The van der Waals surface area contributed by atoms with E-state index in [-0.39, 0.29) is 11.9 Å². The summed E-state index contributed by atoms with van der Waals surface area (Å²) in [5.41, 5.74) is 9.90. The highest BCUT2D eigenvalue weighted by molar-refractivity contribution is 7.19. The molecule has 1 unspecified atom stereocenters. The largest absolute Gasteiger partial charge is 0.320 e. The molecule has 0 saturated heterocycles. The van der Waals surface area contributed by atoms with Crippen LogP contribution in [0.15, 0.2) is 42.5 Å². The van der Waals surface area contributed by atoms with E-state index in [0.29, 0.717) is 0 Å². The highest BCUT2D eigenvalue weighted by Crippen LogP contribution is 2.32. The number of fused-ring (bicyclic) bond motifs is 1. The van der Waals surface area contributed by atoms with E-state index in [1.165, 1.54) is 17.2 Å². The van der Waals surface area contributed by atoms with Gasteiger partial charge in [0.1, 0.15) is 5.82 Å². The maximum absolute atomic E-state index is 13.2. The van der Waals surface area contributed by atoms with Crippen LogP contribution in [0.25, 0.3) is 10.1 Å². The first-order chi connectivity index (χ1) is 9.52. The molecular formula is C17H16FNS. The molecule has 1 aromatic heterocycles. The zero-order valence-electron chi connectivity index (χ0n) is 11.5. The normalized spacial score (nSPS) is 12.8. The first-order valence-corrected chi connectivity index (χ1v) is 7.37. The minimum atomic E-state index is -0.207. The average molecular weight is 285 g/mol. The van der Waals surface area contributed by atoms with Gasteiger partial charge in [-0.1, -0.05) is 29.3 Å². The molecule has 0 amide bonds. The molecular weight excluding hydrogens is 269 g/mol. The fraction of sp³-hybridized carbons (Fsp3) is 0.176. The molecule has 3 rings (SSSR count). The maximum atomic E-state index is 13.2.